The number of aromatic nitrogens is 4. The van der Waals surface area contributed by atoms with Crippen molar-refractivity contribution in [2.45, 2.75) is 0 Å². The van der Waals surface area contributed by atoms with E-state index < -0.39 is 4.92 Å². The third-order valence-corrected chi connectivity index (χ3v) is 5.75. The molecule has 4 aromatic rings. The van der Waals surface area contributed by atoms with E-state index in [0.717, 1.165) is 10.9 Å². The van der Waals surface area contributed by atoms with Gasteiger partial charge in [0, 0.05) is 44.7 Å². The van der Waals surface area contributed by atoms with Gasteiger partial charge in [-0.25, -0.2) is 9.38 Å². The Balaban J connectivity index is 1.65. The SMILES string of the molecule is COCC(=O)N1CCN(c2nc3ccccc3c3nnc(-c4ccccc4[N+](=O)[O-])n23)CC1. The van der Waals surface area contributed by atoms with Crippen LogP contribution < -0.4 is 4.90 Å². The molecule has 5 rings (SSSR count). The largest absolute Gasteiger partial charge is 0.375 e. The van der Waals surface area contributed by atoms with Crippen molar-refractivity contribution in [3.8, 4) is 11.4 Å². The van der Waals surface area contributed by atoms with Gasteiger partial charge in [-0.2, -0.15) is 0 Å². The first-order valence-corrected chi connectivity index (χ1v) is 10.5. The lowest BCUT2D eigenvalue weighted by molar-refractivity contribution is -0.384. The monoisotopic (exact) mass is 447 g/mol. The fourth-order valence-electron chi connectivity index (χ4n) is 4.15. The molecule has 0 atom stereocenters. The molecule has 11 nitrogen and oxygen atoms in total. The molecular weight excluding hydrogens is 426 g/mol. The number of carbonyl (C=O) groups excluding carboxylic acids is 1. The van der Waals surface area contributed by atoms with Crippen LogP contribution >= 0.6 is 0 Å². The molecule has 0 unspecified atom stereocenters. The first-order chi connectivity index (χ1) is 16.1. The minimum absolute atomic E-state index is 0.0474. The molecule has 2 aromatic heterocycles. The third kappa shape index (κ3) is 3.61. The number of amides is 1. The lowest BCUT2D eigenvalue weighted by atomic mass is 10.1. The van der Waals surface area contributed by atoms with Crippen LogP contribution in [-0.4, -0.2) is 75.2 Å². The van der Waals surface area contributed by atoms with E-state index in [2.05, 4.69) is 15.1 Å². The first-order valence-electron chi connectivity index (χ1n) is 10.5. The summed E-state index contributed by atoms with van der Waals surface area (Å²) in [5.74, 6) is 0.878. The number of hydrogen-bond donors (Lipinski definition) is 0. The van der Waals surface area contributed by atoms with E-state index in [1.54, 1.807) is 27.5 Å². The van der Waals surface area contributed by atoms with Gasteiger partial charge in [0.1, 0.15) is 6.61 Å². The number of methoxy groups -OCH3 is 1. The minimum Gasteiger partial charge on any atom is -0.375 e. The molecule has 168 valence electrons. The van der Waals surface area contributed by atoms with Gasteiger partial charge in [-0.05, 0) is 18.2 Å². The van der Waals surface area contributed by atoms with Gasteiger partial charge < -0.3 is 14.5 Å². The molecule has 3 heterocycles. The maximum absolute atomic E-state index is 12.2. The zero-order valence-electron chi connectivity index (χ0n) is 17.9. The van der Waals surface area contributed by atoms with Crippen molar-refractivity contribution in [2.75, 3.05) is 44.8 Å². The van der Waals surface area contributed by atoms with Crippen LogP contribution in [-0.2, 0) is 9.53 Å². The van der Waals surface area contributed by atoms with Crippen molar-refractivity contribution < 1.29 is 14.5 Å². The summed E-state index contributed by atoms with van der Waals surface area (Å²) in [7, 11) is 1.50. The van der Waals surface area contributed by atoms with E-state index in [9.17, 15) is 14.9 Å². The topological polar surface area (TPSA) is 119 Å². The fourth-order valence-corrected chi connectivity index (χ4v) is 4.15. The highest BCUT2D eigenvalue weighted by Crippen LogP contribution is 2.33. The molecule has 1 aliphatic heterocycles. The van der Waals surface area contributed by atoms with Crippen molar-refractivity contribution in [3.63, 3.8) is 0 Å². The summed E-state index contributed by atoms with van der Waals surface area (Å²) < 4.78 is 6.74. The molecule has 0 bridgehead atoms. The average Bonchev–Trinajstić information content (AvgIpc) is 3.29. The maximum Gasteiger partial charge on any atom is 0.280 e. The molecule has 1 aliphatic rings. The molecule has 1 saturated heterocycles. The van der Waals surface area contributed by atoms with Crippen LogP contribution in [0.3, 0.4) is 0 Å². The smallest absolute Gasteiger partial charge is 0.280 e. The van der Waals surface area contributed by atoms with E-state index >= 15 is 0 Å². The number of rotatable bonds is 5. The van der Waals surface area contributed by atoms with Gasteiger partial charge >= 0.3 is 0 Å². The van der Waals surface area contributed by atoms with Crippen LogP contribution in [0.25, 0.3) is 27.9 Å². The molecule has 11 heteroatoms. The summed E-state index contributed by atoms with van der Waals surface area (Å²) in [6, 6.07) is 14.1. The highest BCUT2D eigenvalue weighted by molar-refractivity contribution is 5.93. The summed E-state index contributed by atoms with van der Waals surface area (Å²) in [6.45, 7) is 2.17. The van der Waals surface area contributed by atoms with Crippen LogP contribution in [0, 0.1) is 10.1 Å². The molecule has 1 amide bonds. The number of hydrogen-bond acceptors (Lipinski definition) is 8. The summed E-state index contributed by atoms with van der Waals surface area (Å²) in [6.07, 6.45) is 0. The molecule has 0 spiro atoms. The summed E-state index contributed by atoms with van der Waals surface area (Å²) in [5, 5.41) is 21.2. The van der Waals surface area contributed by atoms with Crippen molar-refractivity contribution >= 4 is 34.1 Å². The second-order valence-electron chi connectivity index (χ2n) is 7.69. The lowest BCUT2D eigenvalue weighted by Gasteiger charge is -2.35. The van der Waals surface area contributed by atoms with Crippen molar-refractivity contribution in [3.05, 3.63) is 58.6 Å². The Labute approximate surface area is 188 Å². The fraction of sp³-hybridized carbons (Fsp3) is 0.273. The Bertz CT molecular complexity index is 1360. The third-order valence-electron chi connectivity index (χ3n) is 5.75. The van der Waals surface area contributed by atoms with E-state index in [-0.39, 0.29) is 18.2 Å². The summed E-state index contributed by atoms with van der Waals surface area (Å²) in [5.41, 5.74) is 1.63. The van der Waals surface area contributed by atoms with Gasteiger partial charge in [0.25, 0.3) is 5.69 Å². The van der Waals surface area contributed by atoms with Crippen molar-refractivity contribution in [1.82, 2.24) is 24.5 Å². The second kappa shape index (κ2) is 8.43. The molecule has 0 radical (unpaired) electrons. The van der Waals surface area contributed by atoms with Crippen molar-refractivity contribution in [2.24, 2.45) is 0 Å². The van der Waals surface area contributed by atoms with Gasteiger partial charge in [0.2, 0.25) is 11.9 Å². The van der Waals surface area contributed by atoms with Gasteiger partial charge in [0.05, 0.1) is 16.0 Å². The number of fused-ring (bicyclic) bond motifs is 3. The molecule has 1 fully saturated rings. The van der Waals surface area contributed by atoms with Crippen LogP contribution in [0.1, 0.15) is 0 Å². The number of carbonyl (C=O) groups is 1. The Morgan fingerprint density at radius 1 is 1.06 bits per heavy atom. The Morgan fingerprint density at radius 2 is 1.79 bits per heavy atom. The standard InChI is InChI=1S/C22H21N7O4/c1-33-14-19(30)26-10-12-27(13-11-26)22-23-17-8-4-2-6-15(17)20-24-25-21(28(20)22)16-7-3-5-9-18(16)29(31)32/h2-9H,10-14H2,1H3. The minimum atomic E-state index is -0.426. The predicted molar refractivity (Wildman–Crippen MR) is 121 cm³/mol. The van der Waals surface area contributed by atoms with E-state index in [4.69, 9.17) is 9.72 Å². The van der Waals surface area contributed by atoms with Gasteiger partial charge in [0.15, 0.2) is 11.5 Å². The van der Waals surface area contributed by atoms with Gasteiger partial charge in [-0.1, -0.05) is 24.3 Å². The maximum atomic E-state index is 12.2. The van der Waals surface area contributed by atoms with Crippen LogP contribution in [0.4, 0.5) is 11.6 Å². The number of benzene rings is 2. The summed E-state index contributed by atoms with van der Waals surface area (Å²) >= 11 is 0. The Kier molecular flexibility index (Phi) is 5.31. The van der Waals surface area contributed by atoms with E-state index in [1.807, 2.05) is 24.3 Å². The molecule has 0 saturated carbocycles. The zero-order chi connectivity index (χ0) is 22.9. The number of anilines is 1. The second-order valence-corrected chi connectivity index (χ2v) is 7.69. The Morgan fingerprint density at radius 3 is 2.55 bits per heavy atom. The highest BCUT2D eigenvalue weighted by atomic mass is 16.6. The molecule has 33 heavy (non-hydrogen) atoms. The number of nitrogens with zero attached hydrogens (tertiary/aromatic N) is 7. The molecule has 0 N–H and O–H groups in total. The molecular formula is C22H21N7O4. The normalized spacial score (nSPS) is 14.2. The van der Waals surface area contributed by atoms with Crippen molar-refractivity contribution in [1.29, 1.82) is 0 Å². The lowest BCUT2D eigenvalue weighted by Crippen LogP contribution is -2.50. The number of para-hydroxylation sites is 2. The van der Waals surface area contributed by atoms with E-state index in [0.29, 0.717) is 49.2 Å². The molecule has 2 aromatic carbocycles. The number of nitro groups is 1. The highest BCUT2D eigenvalue weighted by Gasteiger charge is 2.27. The van der Waals surface area contributed by atoms with E-state index in [1.165, 1.54) is 13.2 Å². The van der Waals surface area contributed by atoms with Crippen LogP contribution in [0.5, 0.6) is 0 Å². The van der Waals surface area contributed by atoms with Crippen LogP contribution in [0.2, 0.25) is 0 Å². The average molecular weight is 447 g/mol. The van der Waals surface area contributed by atoms with Gasteiger partial charge in [-0.3, -0.25) is 14.9 Å². The number of piperazine rings is 1. The molecule has 0 aliphatic carbocycles. The van der Waals surface area contributed by atoms with Gasteiger partial charge in [-0.15, -0.1) is 10.2 Å². The Hall–Kier alpha value is -4.12. The van der Waals surface area contributed by atoms with Crippen LogP contribution in [0.15, 0.2) is 48.5 Å². The predicted octanol–water partition coefficient (Wildman–Crippen LogP) is 2.15. The zero-order valence-corrected chi connectivity index (χ0v) is 17.9. The first kappa shape index (κ1) is 20.8. The number of ether oxygens (including phenoxy) is 1. The quantitative estimate of drug-likeness (QED) is 0.337. The summed E-state index contributed by atoms with van der Waals surface area (Å²) in [4.78, 5) is 32.1. The number of nitro benzene ring substituents is 1.